The molecule has 0 heterocycles. The van der Waals surface area contributed by atoms with Crippen molar-refractivity contribution in [2.24, 2.45) is 0 Å². The number of nitrogens with one attached hydrogen (secondary N) is 1. The lowest BCUT2D eigenvalue weighted by molar-refractivity contribution is -0.139. The van der Waals surface area contributed by atoms with Gasteiger partial charge in [0, 0.05) is 12.3 Å². The summed E-state index contributed by atoms with van der Waals surface area (Å²) in [6.07, 6.45) is -0.636. The number of amides is 1. The van der Waals surface area contributed by atoms with Gasteiger partial charge in [-0.15, -0.1) is 0 Å². The van der Waals surface area contributed by atoms with Gasteiger partial charge in [-0.05, 0) is 34.4 Å². The minimum atomic E-state index is -1.13. The number of carbonyl (C=O) groups excluding carboxylic acids is 1. The molecule has 6 nitrogen and oxygen atoms in total. The van der Waals surface area contributed by atoms with Crippen LogP contribution in [0.2, 0.25) is 0 Å². The molecular weight excluding hydrogens is 394 g/mol. The first kappa shape index (κ1) is 20.5. The summed E-state index contributed by atoms with van der Waals surface area (Å²) in [6, 6.07) is 24.1. The molecule has 0 spiro atoms. The van der Waals surface area contributed by atoms with Gasteiger partial charge in [-0.1, -0.05) is 66.7 Å². The Morgan fingerprint density at radius 3 is 2.06 bits per heavy atom. The van der Waals surface area contributed by atoms with Crippen molar-refractivity contribution < 1.29 is 24.2 Å². The summed E-state index contributed by atoms with van der Waals surface area (Å²) >= 11 is 0. The fourth-order valence-electron chi connectivity index (χ4n) is 3.85. The molecular formula is C25H23NO5. The molecule has 0 aromatic heterocycles. The van der Waals surface area contributed by atoms with Crippen molar-refractivity contribution in [2.45, 2.75) is 18.4 Å². The third-order valence-electron chi connectivity index (χ3n) is 5.35. The van der Waals surface area contributed by atoms with Crippen LogP contribution >= 0.6 is 0 Å². The van der Waals surface area contributed by atoms with Crippen LogP contribution in [0.1, 0.15) is 23.5 Å². The molecule has 0 saturated carbocycles. The van der Waals surface area contributed by atoms with Gasteiger partial charge >= 0.3 is 12.1 Å². The first-order valence-electron chi connectivity index (χ1n) is 10.2. The number of hydrogen-bond acceptors (Lipinski definition) is 4. The van der Waals surface area contributed by atoms with Crippen molar-refractivity contribution in [2.75, 3.05) is 13.2 Å². The number of hydrogen-bond donors (Lipinski definition) is 2. The summed E-state index contributed by atoms with van der Waals surface area (Å²) in [7, 11) is 0. The zero-order chi connectivity index (χ0) is 21.6. The van der Waals surface area contributed by atoms with E-state index in [2.05, 4.69) is 17.4 Å². The van der Waals surface area contributed by atoms with Crippen molar-refractivity contribution >= 4 is 12.1 Å². The van der Waals surface area contributed by atoms with Crippen molar-refractivity contribution in [3.05, 3.63) is 90.0 Å². The lowest BCUT2D eigenvalue weighted by Gasteiger charge is -2.17. The minimum Gasteiger partial charge on any atom is -0.494 e. The van der Waals surface area contributed by atoms with Gasteiger partial charge in [-0.3, -0.25) is 0 Å². The van der Waals surface area contributed by atoms with E-state index in [0.717, 1.165) is 22.3 Å². The predicted octanol–water partition coefficient (Wildman–Crippen LogP) is 4.45. The molecule has 1 aliphatic rings. The maximum atomic E-state index is 12.3. The molecule has 31 heavy (non-hydrogen) atoms. The highest BCUT2D eigenvalue weighted by Crippen LogP contribution is 2.44. The SMILES string of the molecule is O=C(NC(CCOc1ccccc1)C(=O)O)OCC1c2ccccc2-c2ccccc21. The van der Waals surface area contributed by atoms with E-state index >= 15 is 0 Å². The van der Waals surface area contributed by atoms with E-state index in [-0.39, 0.29) is 25.6 Å². The first-order chi connectivity index (χ1) is 15.1. The Kier molecular flexibility index (Phi) is 6.17. The molecule has 0 radical (unpaired) electrons. The van der Waals surface area contributed by atoms with Gasteiger partial charge in [0.25, 0.3) is 0 Å². The second-order valence-corrected chi connectivity index (χ2v) is 7.31. The molecule has 1 atom stereocenters. The lowest BCUT2D eigenvalue weighted by Crippen LogP contribution is -2.42. The molecule has 158 valence electrons. The van der Waals surface area contributed by atoms with Crippen molar-refractivity contribution in [1.29, 1.82) is 0 Å². The quantitative estimate of drug-likeness (QED) is 0.566. The van der Waals surface area contributed by atoms with E-state index in [1.54, 1.807) is 12.1 Å². The van der Waals surface area contributed by atoms with E-state index in [1.807, 2.05) is 54.6 Å². The van der Waals surface area contributed by atoms with Crippen LogP contribution in [0.4, 0.5) is 4.79 Å². The van der Waals surface area contributed by atoms with E-state index in [4.69, 9.17) is 9.47 Å². The summed E-state index contributed by atoms with van der Waals surface area (Å²) in [6.45, 7) is 0.289. The van der Waals surface area contributed by atoms with Crippen LogP contribution in [0.15, 0.2) is 78.9 Å². The Bertz CT molecular complexity index is 1020. The van der Waals surface area contributed by atoms with Crippen LogP contribution in [-0.2, 0) is 9.53 Å². The summed E-state index contributed by atoms with van der Waals surface area (Å²) in [4.78, 5) is 23.9. The molecule has 0 bridgehead atoms. The van der Waals surface area contributed by atoms with Gasteiger partial charge in [0.1, 0.15) is 18.4 Å². The normalized spacial score (nSPS) is 13.0. The molecule has 3 aromatic carbocycles. The predicted molar refractivity (Wildman–Crippen MR) is 116 cm³/mol. The van der Waals surface area contributed by atoms with Crippen molar-refractivity contribution in [3.8, 4) is 16.9 Å². The average molecular weight is 417 g/mol. The number of carboxylic acids is 1. The molecule has 2 N–H and O–H groups in total. The molecule has 3 aromatic rings. The van der Waals surface area contributed by atoms with E-state index in [1.165, 1.54) is 0 Å². The fourth-order valence-corrected chi connectivity index (χ4v) is 3.85. The molecule has 4 rings (SSSR count). The second kappa shape index (κ2) is 9.34. The highest BCUT2D eigenvalue weighted by atomic mass is 16.5. The van der Waals surface area contributed by atoms with Crippen LogP contribution in [0.25, 0.3) is 11.1 Å². The number of para-hydroxylation sites is 1. The molecule has 1 amide bonds. The Morgan fingerprint density at radius 1 is 0.871 bits per heavy atom. The molecule has 0 fully saturated rings. The molecule has 1 unspecified atom stereocenters. The van der Waals surface area contributed by atoms with Crippen LogP contribution in [-0.4, -0.2) is 36.4 Å². The van der Waals surface area contributed by atoms with Crippen LogP contribution in [0.3, 0.4) is 0 Å². The fraction of sp³-hybridized carbons (Fsp3) is 0.200. The minimum absolute atomic E-state index is 0.0807. The zero-order valence-corrected chi connectivity index (χ0v) is 16.9. The number of aliphatic carboxylic acids is 1. The van der Waals surface area contributed by atoms with Gasteiger partial charge < -0.3 is 19.9 Å². The number of alkyl carbamates (subject to hydrolysis) is 1. The number of carboxylic acid groups (broad SMARTS) is 1. The van der Waals surface area contributed by atoms with Gasteiger partial charge in [0.2, 0.25) is 0 Å². The lowest BCUT2D eigenvalue weighted by atomic mass is 9.98. The van der Waals surface area contributed by atoms with Crippen molar-refractivity contribution in [1.82, 2.24) is 5.32 Å². The Balaban J connectivity index is 1.34. The van der Waals surface area contributed by atoms with E-state index < -0.39 is 18.1 Å². The third-order valence-corrected chi connectivity index (χ3v) is 5.35. The van der Waals surface area contributed by atoms with Gasteiger partial charge in [-0.2, -0.15) is 0 Å². The van der Waals surface area contributed by atoms with Gasteiger partial charge in [0.15, 0.2) is 0 Å². The summed E-state index contributed by atoms with van der Waals surface area (Å²) in [5, 5.41) is 11.9. The van der Waals surface area contributed by atoms with Crippen molar-refractivity contribution in [3.63, 3.8) is 0 Å². The number of fused-ring (bicyclic) bond motifs is 3. The highest BCUT2D eigenvalue weighted by Gasteiger charge is 2.29. The maximum Gasteiger partial charge on any atom is 0.407 e. The number of carbonyl (C=O) groups is 2. The second-order valence-electron chi connectivity index (χ2n) is 7.31. The number of ether oxygens (including phenoxy) is 2. The Morgan fingerprint density at radius 2 is 1.45 bits per heavy atom. The summed E-state index contributed by atoms with van der Waals surface area (Å²) < 4.78 is 11.0. The Labute approximate surface area is 180 Å². The topological polar surface area (TPSA) is 84.9 Å². The monoisotopic (exact) mass is 417 g/mol. The smallest absolute Gasteiger partial charge is 0.407 e. The average Bonchev–Trinajstić information content (AvgIpc) is 3.11. The third kappa shape index (κ3) is 4.69. The first-order valence-corrected chi connectivity index (χ1v) is 10.2. The summed E-state index contributed by atoms with van der Waals surface area (Å²) in [5.74, 6) is -0.569. The summed E-state index contributed by atoms with van der Waals surface area (Å²) in [5.41, 5.74) is 4.47. The van der Waals surface area contributed by atoms with E-state index in [9.17, 15) is 14.7 Å². The van der Waals surface area contributed by atoms with E-state index in [0.29, 0.717) is 5.75 Å². The van der Waals surface area contributed by atoms with Crippen LogP contribution in [0, 0.1) is 0 Å². The van der Waals surface area contributed by atoms with Gasteiger partial charge in [-0.25, -0.2) is 9.59 Å². The van der Waals surface area contributed by atoms with Crippen LogP contribution < -0.4 is 10.1 Å². The largest absolute Gasteiger partial charge is 0.494 e. The molecule has 1 aliphatic carbocycles. The van der Waals surface area contributed by atoms with Crippen LogP contribution in [0.5, 0.6) is 5.75 Å². The number of benzene rings is 3. The molecule has 6 heteroatoms. The highest BCUT2D eigenvalue weighted by molar-refractivity contribution is 5.81. The number of rotatable bonds is 8. The molecule has 0 aliphatic heterocycles. The standard InChI is InChI=1S/C25H23NO5/c27-24(28)23(14-15-30-17-8-2-1-3-9-17)26-25(29)31-16-22-20-12-6-4-10-18(20)19-11-5-7-13-21(19)22/h1-13,22-23H,14-16H2,(H,26,29)(H,27,28). The maximum absolute atomic E-state index is 12.3. The van der Waals surface area contributed by atoms with Gasteiger partial charge in [0.05, 0.1) is 6.61 Å². The Hall–Kier alpha value is -3.80. The zero-order valence-electron chi connectivity index (χ0n) is 16.9. The molecule has 0 saturated heterocycles.